The molecule has 1 N–H and O–H groups in total. The van der Waals surface area contributed by atoms with Crippen LogP contribution in [0.3, 0.4) is 0 Å². The molecule has 1 aliphatic heterocycles. The van der Waals surface area contributed by atoms with Gasteiger partial charge in [0.25, 0.3) is 0 Å². The largest absolute Gasteiger partial charge is 0.462 e. The molecule has 1 heterocycles. The molecule has 2 aliphatic rings. The highest BCUT2D eigenvalue weighted by Crippen LogP contribution is 2.37. The first-order valence-corrected chi connectivity index (χ1v) is 8.81. The van der Waals surface area contributed by atoms with Gasteiger partial charge >= 0.3 is 17.9 Å². The standard InChI is InChI=1S/C19H26O7/c1-11-18-16(25-13(3)22)8-15(10-24-12(2)21)6-4-5-14(9-20)7-17(18)26-19(11)23/h6-7,11,16-18,20H,4-5,8-10H2,1-3H3. The fraction of sp³-hybridized carbons (Fsp3) is 0.632. The van der Waals surface area contributed by atoms with Crippen LogP contribution in [0.25, 0.3) is 0 Å². The minimum Gasteiger partial charge on any atom is -0.462 e. The minimum absolute atomic E-state index is 0.103. The zero-order valence-electron chi connectivity index (χ0n) is 15.4. The van der Waals surface area contributed by atoms with Gasteiger partial charge in [-0.05, 0) is 30.1 Å². The molecule has 0 spiro atoms. The summed E-state index contributed by atoms with van der Waals surface area (Å²) in [5.41, 5.74) is 1.57. The van der Waals surface area contributed by atoms with Gasteiger partial charge in [0.05, 0.1) is 18.4 Å². The summed E-state index contributed by atoms with van der Waals surface area (Å²) in [6, 6.07) is 0. The SMILES string of the molecule is CC(=O)OCC1=CCCC(CO)=CC2OC(=O)C(C)C2C(OC(C)=O)C1. The summed E-state index contributed by atoms with van der Waals surface area (Å²) < 4.78 is 16.1. The Morgan fingerprint density at radius 2 is 2.00 bits per heavy atom. The molecule has 7 heteroatoms. The molecule has 0 aromatic heterocycles. The number of hydrogen-bond donors (Lipinski definition) is 1. The Labute approximate surface area is 153 Å². The van der Waals surface area contributed by atoms with E-state index in [4.69, 9.17) is 14.2 Å². The molecule has 0 aromatic rings. The van der Waals surface area contributed by atoms with Gasteiger partial charge in [-0.3, -0.25) is 14.4 Å². The van der Waals surface area contributed by atoms with Gasteiger partial charge in [-0.1, -0.05) is 13.0 Å². The van der Waals surface area contributed by atoms with Crippen molar-refractivity contribution in [2.45, 2.75) is 52.2 Å². The third-order valence-corrected chi connectivity index (χ3v) is 4.75. The van der Waals surface area contributed by atoms with Crippen LogP contribution in [0.5, 0.6) is 0 Å². The number of carbonyl (C=O) groups is 3. The van der Waals surface area contributed by atoms with Crippen LogP contribution in [0.15, 0.2) is 23.3 Å². The normalized spacial score (nSPS) is 29.0. The van der Waals surface area contributed by atoms with Crippen molar-refractivity contribution in [1.29, 1.82) is 0 Å². The van der Waals surface area contributed by atoms with Gasteiger partial charge in [-0.15, -0.1) is 0 Å². The van der Waals surface area contributed by atoms with Crippen molar-refractivity contribution >= 4 is 17.9 Å². The fourth-order valence-electron chi connectivity index (χ4n) is 3.47. The first-order chi connectivity index (χ1) is 12.3. The molecular weight excluding hydrogens is 340 g/mol. The van der Waals surface area contributed by atoms with Crippen LogP contribution in [-0.4, -0.2) is 48.4 Å². The zero-order valence-corrected chi connectivity index (χ0v) is 15.4. The highest BCUT2D eigenvalue weighted by molar-refractivity contribution is 5.75. The van der Waals surface area contributed by atoms with Gasteiger partial charge in [0, 0.05) is 20.3 Å². The van der Waals surface area contributed by atoms with E-state index in [9.17, 15) is 19.5 Å². The Bertz CT molecular complexity index is 619. The first kappa shape index (κ1) is 20.2. The molecule has 2 rings (SSSR count). The summed E-state index contributed by atoms with van der Waals surface area (Å²) >= 11 is 0. The predicted octanol–water partition coefficient (Wildman–Crippen LogP) is 1.69. The molecule has 4 atom stereocenters. The summed E-state index contributed by atoms with van der Waals surface area (Å²) in [5, 5.41) is 9.59. The second-order valence-electron chi connectivity index (χ2n) is 6.78. The number of carbonyl (C=O) groups excluding carboxylic acids is 3. The third-order valence-electron chi connectivity index (χ3n) is 4.75. The third kappa shape index (κ3) is 5.17. The molecule has 0 amide bonds. The van der Waals surface area contributed by atoms with E-state index in [0.717, 1.165) is 11.1 Å². The van der Waals surface area contributed by atoms with E-state index in [0.29, 0.717) is 19.3 Å². The lowest BCUT2D eigenvalue weighted by Gasteiger charge is -2.29. The number of allylic oxidation sites excluding steroid dienone is 1. The molecule has 7 nitrogen and oxygen atoms in total. The van der Waals surface area contributed by atoms with E-state index in [1.165, 1.54) is 13.8 Å². The monoisotopic (exact) mass is 366 g/mol. The molecule has 0 bridgehead atoms. The number of ether oxygens (including phenoxy) is 3. The summed E-state index contributed by atoms with van der Waals surface area (Å²) in [6.45, 7) is 4.36. The van der Waals surface area contributed by atoms with Crippen LogP contribution in [0, 0.1) is 11.8 Å². The Balaban J connectivity index is 2.36. The van der Waals surface area contributed by atoms with Gasteiger partial charge in [0.1, 0.15) is 18.8 Å². The average Bonchev–Trinajstić information content (AvgIpc) is 2.84. The summed E-state index contributed by atoms with van der Waals surface area (Å²) in [6.07, 6.45) is 4.16. The molecule has 26 heavy (non-hydrogen) atoms. The summed E-state index contributed by atoms with van der Waals surface area (Å²) in [4.78, 5) is 34.9. The minimum atomic E-state index is -0.588. The fourth-order valence-corrected chi connectivity index (χ4v) is 3.47. The van der Waals surface area contributed by atoms with Crippen LogP contribution in [0.1, 0.15) is 40.0 Å². The quantitative estimate of drug-likeness (QED) is 0.459. The molecule has 1 saturated heterocycles. The Morgan fingerprint density at radius 3 is 2.62 bits per heavy atom. The van der Waals surface area contributed by atoms with Crippen LogP contribution in [0.4, 0.5) is 0 Å². The van der Waals surface area contributed by atoms with Gasteiger partial charge in [0.15, 0.2) is 0 Å². The lowest BCUT2D eigenvalue weighted by atomic mass is 9.82. The van der Waals surface area contributed by atoms with Gasteiger partial charge in [-0.2, -0.15) is 0 Å². The van der Waals surface area contributed by atoms with Crippen molar-refractivity contribution in [3.05, 3.63) is 23.3 Å². The van der Waals surface area contributed by atoms with Crippen molar-refractivity contribution in [3.63, 3.8) is 0 Å². The molecule has 1 fully saturated rings. The maximum absolute atomic E-state index is 12.1. The van der Waals surface area contributed by atoms with Gasteiger partial charge in [-0.25, -0.2) is 0 Å². The van der Waals surface area contributed by atoms with Crippen molar-refractivity contribution in [1.82, 2.24) is 0 Å². The number of aliphatic hydroxyl groups is 1. The maximum atomic E-state index is 12.1. The topological polar surface area (TPSA) is 99.1 Å². The first-order valence-electron chi connectivity index (χ1n) is 8.81. The molecular formula is C19H26O7. The number of rotatable bonds is 4. The number of aliphatic hydroxyl groups excluding tert-OH is 1. The Morgan fingerprint density at radius 1 is 1.27 bits per heavy atom. The van der Waals surface area contributed by atoms with Crippen LogP contribution in [-0.2, 0) is 28.6 Å². The summed E-state index contributed by atoms with van der Waals surface area (Å²) in [5.74, 6) is -2.01. The second kappa shape index (κ2) is 8.98. The molecule has 144 valence electrons. The molecule has 0 radical (unpaired) electrons. The van der Waals surface area contributed by atoms with Crippen molar-refractivity contribution in [2.24, 2.45) is 11.8 Å². The summed E-state index contributed by atoms with van der Waals surface area (Å²) in [7, 11) is 0. The second-order valence-corrected chi connectivity index (χ2v) is 6.78. The van der Waals surface area contributed by atoms with E-state index in [2.05, 4.69) is 0 Å². The van der Waals surface area contributed by atoms with E-state index in [1.807, 2.05) is 6.08 Å². The van der Waals surface area contributed by atoms with E-state index < -0.39 is 30.1 Å². The highest BCUT2D eigenvalue weighted by atomic mass is 16.6. The predicted molar refractivity (Wildman–Crippen MR) is 91.8 cm³/mol. The zero-order chi connectivity index (χ0) is 19.3. The maximum Gasteiger partial charge on any atom is 0.309 e. The van der Waals surface area contributed by atoms with E-state index in [-0.39, 0.29) is 25.1 Å². The van der Waals surface area contributed by atoms with Crippen LogP contribution in [0.2, 0.25) is 0 Å². The Hall–Kier alpha value is -2.15. The number of esters is 3. The Kier molecular flexibility index (Phi) is 6.97. The highest BCUT2D eigenvalue weighted by Gasteiger charge is 2.47. The van der Waals surface area contributed by atoms with E-state index in [1.54, 1.807) is 13.0 Å². The molecule has 0 aromatic carbocycles. The van der Waals surface area contributed by atoms with Crippen LogP contribution >= 0.6 is 0 Å². The van der Waals surface area contributed by atoms with Crippen LogP contribution < -0.4 is 0 Å². The molecule has 0 saturated carbocycles. The smallest absolute Gasteiger partial charge is 0.309 e. The number of hydrogen-bond acceptors (Lipinski definition) is 7. The van der Waals surface area contributed by atoms with Crippen molar-refractivity contribution < 1.29 is 33.7 Å². The van der Waals surface area contributed by atoms with E-state index >= 15 is 0 Å². The van der Waals surface area contributed by atoms with Gasteiger partial charge < -0.3 is 19.3 Å². The molecule has 4 unspecified atom stereocenters. The van der Waals surface area contributed by atoms with Gasteiger partial charge in [0.2, 0.25) is 0 Å². The lowest BCUT2D eigenvalue weighted by molar-refractivity contribution is -0.151. The van der Waals surface area contributed by atoms with Crippen molar-refractivity contribution in [3.8, 4) is 0 Å². The molecule has 1 aliphatic carbocycles. The van der Waals surface area contributed by atoms with Crippen molar-refractivity contribution in [2.75, 3.05) is 13.2 Å². The average molecular weight is 366 g/mol. The number of fused-ring (bicyclic) bond motifs is 1. The lowest BCUT2D eigenvalue weighted by Crippen LogP contribution is -2.36.